The Morgan fingerprint density at radius 3 is 2.90 bits per heavy atom. The van der Waals surface area contributed by atoms with Gasteiger partial charge in [-0.05, 0) is 25.0 Å². The van der Waals surface area contributed by atoms with Gasteiger partial charge >= 0.3 is 0 Å². The lowest BCUT2D eigenvalue weighted by atomic mass is 10.1. The van der Waals surface area contributed by atoms with Crippen molar-refractivity contribution in [2.45, 2.75) is 13.3 Å². The fourth-order valence-corrected chi connectivity index (χ4v) is 3.94. The zero-order valence-electron chi connectivity index (χ0n) is 11.4. The minimum absolute atomic E-state index is 0.0181. The maximum absolute atomic E-state index is 11.8. The molecule has 1 aliphatic rings. The van der Waals surface area contributed by atoms with Gasteiger partial charge in [0.05, 0.1) is 17.4 Å². The van der Waals surface area contributed by atoms with Gasteiger partial charge in [-0.1, -0.05) is 0 Å². The lowest BCUT2D eigenvalue weighted by Gasteiger charge is -2.11. The Kier molecular flexibility index (Phi) is 4.59. The number of aromatic nitrogens is 1. The standard InChI is InChI=1S/C13H19N3O3S/c1-10-8-14-4-2-12(10)15-5-6-16-13(17)11-3-7-20(18,19)9-11/h2,4,8,11H,3,5-7,9H2,1H3,(H,14,15)(H,16,17)/t11-/m0/s1. The molecule has 2 rings (SSSR count). The lowest BCUT2D eigenvalue weighted by Crippen LogP contribution is -2.34. The van der Waals surface area contributed by atoms with Crippen LogP contribution in [0.2, 0.25) is 0 Å². The number of nitrogens with zero attached hydrogens (tertiary/aromatic N) is 1. The van der Waals surface area contributed by atoms with Crippen LogP contribution in [0.3, 0.4) is 0 Å². The van der Waals surface area contributed by atoms with Crippen molar-refractivity contribution in [1.82, 2.24) is 10.3 Å². The Morgan fingerprint density at radius 2 is 2.25 bits per heavy atom. The molecule has 0 radical (unpaired) electrons. The van der Waals surface area contributed by atoms with Crippen LogP contribution in [-0.2, 0) is 14.6 Å². The van der Waals surface area contributed by atoms with Crippen LogP contribution in [-0.4, -0.2) is 43.9 Å². The monoisotopic (exact) mass is 297 g/mol. The van der Waals surface area contributed by atoms with Gasteiger partial charge in [0.1, 0.15) is 0 Å². The topological polar surface area (TPSA) is 88.2 Å². The van der Waals surface area contributed by atoms with Gasteiger partial charge < -0.3 is 10.6 Å². The van der Waals surface area contributed by atoms with E-state index in [0.29, 0.717) is 19.5 Å². The van der Waals surface area contributed by atoms with E-state index in [9.17, 15) is 13.2 Å². The third-order valence-electron chi connectivity index (χ3n) is 3.36. The average molecular weight is 297 g/mol. The molecule has 0 bridgehead atoms. The van der Waals surface area contributed by atoms with Crippen molar-refractivity contribution >= 4 is 21.4 Å². The molecule has 0 spiro atoms. The summed E-state index contributed by atoms with van der Waals surface area (Å²) in [6.07, 6.45) is 3.91. The van der Waals surface area contributed by atoms with Crippen molar-refractivity contribution in [3.05, 3.63) is 24.0 Å². The number of rotatable bonds is 5. The molecule has 6 nitrogen and oxygen atoms in total. The van der Waals surface area contributed by atoms with E-state index < -0.39 is 9.84 Å². The van der Waals surface area contributed by atoms with Gasteiger partial charge in [-0.25, -0.2) is 8.42 Å². The number of hydrogen-bond acceptors (Lipinski definition) is 5. The highest BCUT2D eigenvalue weighted by atomic mass is 32.2. The summed E-state index contributed by atoms with van der Waals surface area (Å²) >= 11 is 0. The molecule has 2 heterocycles. The third kappa shape index (κ3) is 3.93. The first-order valence-corrected chi connectivity index (χ1v) is 8.43. The number of hydrogen-bond donors (Lipinski definition) is 2. The summed E-state index contributed by atoms with van der Waals surface area (Å²) in [4.78, 5) is 15.8. The molecule has 0 unspecified atom stereocenters. The van der Waals surface area contributed by atoms with Gasteiger partial charge in [0.15, 0.2) is 9.84 Å². The van der Waals surface area contributed by atoms with Crippen LogP contribution in [0.15, 0.2) is 18.5 Å². The molecule has 1 aliphatic heterocycles. The highest BCUT2D eigenvalue weighted by Crippen LogP contribution is 2.18. The Labute approximate surface area is 118 Å². The second-order valence-corrected chi connectivity index (χ2v) is 7.24. The van der Waals surface area contributed by atoms with Crippen LogP contribution in [0.1, 0.15) is 12.0 Å². The average Bonchev–Trinajstić information content (AvgIpc) is 2.77. The summed E-state index contributed by atoms with van der Waals surface area (Å²) in [7, 11) is -3.00. The number of carbonyl (C=O) groups excluding carboxylic acids is 1. The van der Waals surface area contributed by atoms with Crippen molar-refractivity contribution in [1.29, 1.82) is 0 Å². The number of amides is 1. The van der Waals surface area contributed by atoms with Gasteiger partial charge in [-0.3, -0.25) is 9.78 Å². The first-order valence-electron chi connectivity index (χ1n) is 6.60. The second-order valence-electron chi connectivity index (χ2n) is 5.01. The van der Waals surface area contributed by atoms with Gasteiger partial charge in [-0.2, -0.15) is 0 Å². The van der Waals surface area contributed by atoms with E-state index in [0.717, 1.165) is 11.3 Å². The maximum Gasteiger partial charge on any atom is 0.224 e. The summed E-state index contributed by atoms with van der Waals surface area (Å²) in [6, 6.07) is 1.88. The Morgan fingerprint density at radius 1 is 1.45 bits per heavy atom. The fraction of sp³-hybridized carbons (Fsp3) is 0.538. The maximum atomic E-state index is 11.8. The number of carbonyl (C=O) groups is 1. The van der Waals surface area contributed by atoms with Crippen LogP contribution in [0.5, 0.6) is 0 Å². The molecule has 0 aliphatic carbocycles. The summed E-state index contributed by atoms with van der Waals surface area (Å²) < 4.78 is 22.6. The largest absolute Gasteiger partial charge is 0.383 e. The molecule has 0 aromatic carbocycles. The van der Waals surface area contributed by atoms with E-state index in [-0.39, 0.29) is 23.3 Å². The molecule has 2 N–H and O–H groups in total. The Balaban J connectivity index is 1.71. The van der Waals surface area contributed by atoms with Crippen LogP contribution in [0, 0.1) is 12.8 Å². The number of anilines is 1. The quantitative estimate of drug-likeness (QED) is 0.766. The molecule has 20 heavy (non-hydrogen) atoms. The van der Waals surface area contributed by atoms with Crippen molar-refractivity contribution in [3.63, 3.8) is 0 Å². The molecule has 0 saturated carbocycles. The van der Waals surface area contributed by atoms with Gasteiger partial charge in [0.25, 0.3) is 0 Å². The highest BCUT2D eigenvalue weighted by Gasteiger charge is 2.32. The minimum atomic E-state index is -3.00. The molecule has 1 aromatic heterocycles. The van der Waals surface area contributed by atoms with Gasteiger partial charge in [-0.15, -0.1) is 0 Å². The smallest absolute Gasteiger partial charge is 0.224 e. The third-order valence-corrected chi connectivity index (χ3v) is 5.13. The van der Waals surface area contributed by atoms with Crippen LogP contribution in [0.25, 0.3) is 0 Å². The lowest BCUT2D eigenvalue weighted by molar-refractivity contribution is -0.124. The summed E-state index contributed by atoms with van der Waals surface area (Å²) in [5.74, 6) is -0.447. The zero-order chi connectivity index (χ0) is 14.6. The van der Waals surface area contributed by atoms with Gasteiger partial charge in [0, 0.05) is 31.2 Å². The molecule has 1 amide bonds. The first-order chi connectivity index (χ1) is 9.48. The van der Waals surface area contributed by atoms with Crippen LogP contribution < -0.4 is 10.6 Å². The molecule has 1 atom stereocenters. The molecule has 1 saturated heterocycles. The van der Waals surface area contributed by atoms with Crippen molar-refractivity contribution in [3.8, 4) is 0 Å². The number of sulfone groups is 1. The van der Waals surface area contributed by atoms with E-state index >= 15 is 0 Å². The fourth-order valence-electron chi connectivity index (χ4n) is 2.20. The number of aryl methyl sites for hydroxylation is 1. The van der Waals surface area contributed by atoms with E-state index in [2.05, 4.69) is 15.6 Å². The molecular weight excluding hydrogens is 278 g/mol. The van der Waals surface area contributed by atoms with Crippen LogP contribution >= 0.6 is 0 Å². The van der Waals surface area contributed by atoms with Gasteiger partial charge in [0.2, 0.25) is 5.91 Å². The van der Waals surface area contributed by atoms with Crippen molar-refractivity contribution in [2.75, 3.05) is 29.9 Å². The number of pyridine rings is 1. The minimum Gasteiger partial charge on any atom is -0.383 e. The summed E-state index contributed by atoms with van der Waals surface area (Å²) in [6.45, 7) is 3.02. The van der Waals surface area contributed by atoms with Crippen LogP contribution in [0.4, 0.5) is 5.69 Å². The normalized spacial score (nSPS) is 20.6. The highest BCUT2D eigenvalue weighted by molar-refractivity contribution is 7.91. The Bertz CT molecular complexity index is 586. The zero-order valence-corrected chi connectivity index (χ0v) is 12.2. The second kappa shape index (κ2) is 6.21. The number of nitrogens with one attached hydrogen (secondary N) is 2. The first kappa shape index (κ1) is 14.8. The SMILES string of the molecule is Cc1cnccc1NCCNC(=O)[C@H]1CCS(=O)(=O)C1. The molecule has 1 fully saturated rings. The molecule has 7 heteroatoms. The van der Waals surface area contributed by atoms with E-state index in [1.54, 1.807) is 12.4 Å². The predicted molar refractivity (Wildman–Crippen MR) is 77.2 cm³/mol. The molecule has 110 valence electrons. The van der Waals surface area contributed by atoms with Crippen molar-refractivity contribution in [2.24, 2.45) is 5.92 Å². The van der Waals surface area contributed by atoms with E-state index in [1.807, 2.05) is 13.0 Å². The summed E-state index contributed by atoms with van der Waals surface area (Å²) in [5.41, 5.74) is 2.03. The predicted octanol–water partition coefficient (Wildman–Crippen LogP) is 0.353. The Hall–Kier alpha value is -1.63. The molecule has 1 aromatic rings. The molecular formula is C13H19N3O3S. The van der Waals surface area contributed by atoms with Crippen molar-refractivity contribution < 1.29 is 13.2 Å². The summed E-state index contributed by atoms with van der Waals surface area (Å²) in [5, 5.41) is 5.97. The van der Waals surface area contributed by atoms with E-state index in [4.69, 9.17) is 0 Å². The van der Waals surface area contributed by atoms with E-state index in [1.165, 1.54) is 0 Å².